The fourth-order valence-electron chi connectivity index (χ4n) is 4.06. The van der Waals surface area contributed by atoms with Crippen LogP contribution in [0, 0.1) is 23.5 Å². The van der Waals surface area contributed by atoms with E-state index < -0.39 is 22.9 Å². The average molecular weight is 442 g/mol. The van der Waals surface area contributed by atoms with Gasteiger partial charge >= 0.3 is 5.69 Å². The maximum Gasteiger partial charge on any atom is 0.332 e. The number of aryl methyl sites for hydroxylation is 1. The van der Waals surface area contributed by atoms with Crippen LogP contribution < -0.4 is 21.9 Å². The quantitative estimate of drug-likeness (QED) is 0.613. The highest BCUT2D eigenvalue weighted by atomic mass is 19.2. The number of benzene rings is 1. The summed E-state index contributed by atoms with van der Waals surface area (Å²) in [4.78, 5) is 33.0. The molecule has 3 heterocycles. The summed E-state index contributed by atoms with van der Waals surface area (Å²) in [6, 6.07) is 3.28. The Labute approximate surface area is 182 Å². The van der Waals surface area contributed by atoms with Crippen molar-refractivity contribution in [2.45, 2.75) is 38.9 Å². The van der Waals surface area contributed by atoms with E-state index in [1.54, 1.807) is 11.5 Å². The maximum absolute atomic E-state index is 13.7. The molecule has 2 N–H and O–H groups in total. The Morgan fingerprint density at radius 2 is 2.00 bits per heavy atom. The first-order valence-corrected chi connectivity index (χ1v) is 10.4. The summed E-state index contributed by atoms with van der Waals surface area (Å²) in [5.74, 6) is 4.29. The lowest BCUT2D eigenvalue weighted by Gasteiger charge is -2.31. The summed E-state index contributed by atoms with van der Waals surface area (Å²) in [7, 11) is 1.53. The first-order valence-electron chi connectivity index (χ1n) is 10.4. The van der Waals surface area contributed by atoms with Crippen molar-refractivity contribution >= 4 is 17.1 Å². The van der Waals surface area contributed by atoms with E-state index in [0.717, 1.165) is 36.1 Å². The molecule has 1 fully saturated rings. The first-order chi connectivity index (χ1) is 15.3. The van der Waals surface area contributed by atoms with Gasteiger partial charge in [0.25, 0.3) is 5.56 Å². The number of hydrogen-bond donors (Lipinski definition) is 1. The van der Waals surface area contributed by atoms with Crippen molar-refractivity contribution in [2.24, 2.45) is 12.8 Å². The van der Waals surface area contributed by atoms with E-state index in [4.69, 9.17) is 5.73 Å². The van der Waals surface area contributed by atoms with Gasteiger partial charge < -0.3 is 10.6 Å². The summed E-state index contributed by atoms with van der Waals surface area (Å²) >= 11 is 0. The van der Waals surface area contributed by atoms with Crippen molar-refractivity contribution in [3.8, 4) is 11.8 Å². The fraction of sp³-hybridized carbons (Fsp3) is 0.409. The van der Waals surface area contributed by atoms with E-state index >= 15 is 0 Å². The molecule has 3 aromatic rings. The SMILES string of the molecule is CC#CCn1c(N2CCC[C@@H](N)C2)nc2c1c(=O)n(Cc1ccc(F)c(F)c1)c(=O)n2C. The van der Waals surface area contributed by atoms with Crippen molar-refractivity contribution in [2.75, 3.05) is 18.0 Å². The van der Waals surface area contributed by atoms with Crippen LogP contribution in [0.3, 0.4) is 0 Å². The molecule has 4 rings (SSSR count). The Kier molecular flexibility index (Phi) is 5.84. The lowest BCUT2D eigenvalue weighted by Crippen LogP contribution is -2.44. The van der Waals surface area contributed by atoms with Crippen LogP contribution in [0.1, 0.15) is 25.3 Å². The van der Waals surface area contributed by atoms with E-state index in [9.17, 15) is 18.4 Å². The zero-order valence-corrected chi connectivity index (χ0v) is 17.9. The molecule has 0 amide bonds. The minimum atomic E-state index is -1.04. The lowest BCUT2D eigenvalue weighted by molar-refractivity contribution is 0.496. The van der Waals surface area contributed by atoms with Crippen LogP contribution in [0.2, 0.25) is 0 Å². The molecule has 1 aliphatic heterocycles. The smallest absolute Gasteiger partial charge is 0.332 e. The van der Waals surface area contributed by atoms with Gasteiger partial charge in [0, 0.05) is 26.2 Å². The van der Waals surface area contributed by atoms with E-state index in [0.29, 0.717) is 18.1 Å². The summed E-state index contributed by atoms with van der Waals surface area (Å²) in [5, 5.41) is 0. The molecule has 168 valence electrons. The van der Waals surface area contributed by atoms with Gasteiger partial charge in [0.2, 0.25) is 5.95 Å². The molecule has 1 aromatic carbocycles. The topological polar surface area (TPSA) is 91.1 Å². The maximum atomic E-state index is 13.7. The van der Waals surface area contributed by atoms with Crippen molar-refractivity contribution in [3.05, 3.63) is 56.2 Å². The van der Waals surface area contributed by atoms with E-state index in [2.05, 4.69) is 16.8 Å². The van der Waals surface area contributed by atoms with E-state index in [1.165, 1.54) is 17.7 Å². The predicted molar refractivity (Wildman–Crippen MR) is 118 cm³/mol. The molecule has 8 nitrogen and oxygen atoms in total. The van der Waals surface area contributed by atoms with E-state index in [-0.39, 0.29) is 30.3 Å². The third kappa shape index (κ3) is 3.80. The molecule has 0 saturated carbocycles. The highest BCUT2D eigenvalue weighted by Gasteiger charge is 2.26. The number of rotatable bonds is 4. The Morgan fingerprint density at radius 1 is 1.22 bits per heavy atom. The predicted octanol–water partition coefficient (Wildman–Crippen LogP) is 1.17. The minimum absolute atomic E-state index is 0.0110. The number of anilines is 1. The average Bonchev–Trinajstić information content (AvgIpc) is 3.16. The molecular formula is C22H24F2N6O2. The summed E-state index contributed by atoms with van der Waals surface area (Å²) in [6.07, 6.45) is 1.80. The van der Waals surface area contributed by atoms with Gasteiger partial charge in [-0.05, 0) is 37.5 Å². The molecule has 32 heavy (non-hydrogen) atoms. The highest BCUT2D eigenvalue weighted by Crippen LogP contribution is 2.23. The Hall–Kier alpha value is -3.45. The Bertz CT molecular complexity index is 1360. The van der Waals surface area contributed by atoms with Crippen molar-refractivity contribution < 1.29 is 8.78 Å². The van der Waals surface area contributed by atoms with Gasteiger partial charge in [-0.2, -0.15) is 4.98 Å². The molecule has 0 unspecified atom stereocenters. The second-order valence-electron chi connectivity index (χ2n) is 7.93. The monoisotopic (exact) mass is 442 g/mol. The summed E-state index contributed by atoms with van der Waals surface area (Å²) in [6.45, 7) is 3.03. The molecule has 10 heteroatoms. The standard InChI is InChI=1S/C22H24F2N6O2/c1-3-4-10-29-18-19(26-21(29)28-9-5-6-15(25)13-28)27(2)22(32)30(20(18)31)12-14-7-8-16(23)17(24)11-14/h7-8,11,15H,5-6,9-10,12-13,25H2,1-2H3/t15-/m1/s1. The number of piperidine rings is 1. The molecule has 1 saturated heterocycles. The largest absolute Gasteiger partial charge is 0.341 e. The van der Waals surface area contributed by atoms with Gasteiger partial charge in [0.05, 0.1) is 13.1 Å². The molecule has 0 radical (unpaired) electrons. The molecule has 1 aliphatic rings. The molecule has 0 spiro atoms. The van der Waals surface area contributed by atoms with Gasteiger partial charge in [0.15, 0.2) is 22.8 Å². The lowest BCUT2D eigenvalue weighted by atomic mass is 10.1. The zero-order valence-electron chi connectivity index (χ0n) is 17.9. The third-order valence-corrected chi connectivity index (χ3v) is 5.69. The molecule has 0 aliphatic carbocycles. The molecule has 1 atom stereocenters. The van der Waals surface area contributed by atoms with E-state index in [1.807, 2.05) is 4.90 Å². The number of hydrogen-bond acceptors (Lipinski definition) is 5. The van der Waals surface area contributed by atoms with Gasteiger partial charge in [0.1, 0.15) is 0 Å². The number of aromatic nitrogens is 4. The highest BCUT2D eigenvalue weighted by molar-refractivity contribution is 5.75. The van der Waals surface area contributed by atoms with Crippen molar-refractivity contribution in [1.29, 1.82) is 0 Å². The minimum Gasteiger partial charge on any atom is -0.341 e. The fourth-order valence-corrected chi connectivity index (χ4v) is 4.06. The number of nitrogens with zero attached hydrogens (tertiary/aromatic N) is 5. The Balaban J connectivity index is 1.91. The van der Waals surface area contributed by atoms with Gasteiger partial charge in [-0.25, -0.2) is 13.6 Å². The third-order valence-electron chi connectivity index (χ3n) is 5.69. The van der Waals surface area contributed by atoms with Crippen LogP contribution in [0.5, 0.6) is 0 Å². The van der Waals surface area contributed by atoms with Crippen LogP contribution in [0.25, 0.3) is 11.2 Å². The molecule has 0 bridgehead atoms. The molecular weight excluding hydrogens is 418 g/mol. The van der Waals surface area contributed by atoms with Crippen LogP contribution in [-0.4, -0.2) is 37.8 Å². The van der Waals surface area contributed by atoms with Gasteiger partial charge in [-0.15, -0.1) is 5.92 Å². The second-order valence-corrected chi connectivity index (χ2v) is 7.93. The second kappa shape index (κ2) is 8.59. The number of imidazole rings is 1. The van der Waals surface area contributed by atoms with Gasteiger partial charge in [-0.3, -0.25) is 18.5 Å². The zero-order chi connectivity index (χ0) is 23.0. The normalized spacial score (nSPS) is 16.3. The number of nitrogens with two attached hydrogens (primary N) is 1. The summed E-state index contributed by atoms with van der Waals surface area (Å²) < 4.78 is 31.0. The first kappa shape index (κ1) is 21.8. The van der Waals surface area contributed by atoms with Crippen molar-refractivity contribution in [1.82, 2.24) is 18.7 Å². The van der Waals surface area contributed by atoms with Crippen LogP contribution >= 0.6 is 0 Å². The van der Waals surface area contributed by atoms with Crippen LogP contribution in [0.15, 0.2) is 27.8 Å². The van der Waals surface area contributed by atoms with Crippen molar-refractivity contribution in [3.63, 3.8) is 0 Å². The van der Waals surface area contributed by atoms with Crippen LogP contribution in [-0.2, 0) is 20.1 Å². The molecule has 2 aromatic heterocycles. The Morgan fingerprint density at radius 3 is 2.69 bits per heavy atom. The van der Waals surface area contributed by atoms with Gasteiger partial charge in [-0.1, -0.05) is 12.0 Å². The summed E-state index contributed by atoms with van der Waals surface area (Å²) in [5.41, 5.74) is 5.75. The number of halogens is 2. The number of fused-ring (bicyclic) bond motifs is 1. The van der Waals surface area contributed by atoms with Crippen LogP contribution in [0.4, 0.5) is 14.7 Å².